The van der Waals surface area contributed by atoms with Crippen molar-refractivity contribution >= 4 is 11.6 Å². The summed E-state index contributed by atoms with van der Waals surface area (Å²) < 4.78 is 5.38. The number of fused-ring (bicyclic) bond motifs is 3. The summed E-state index contributed by atoms with van der Waals surface area (Å²) in [5.41, 5.74) is 6.98. The summed E-state index contributed by atoms with van der Waals surface area (Å²) in [7, 11) is 1.67. The van der Waals surface area contributed by atoms with Crippen LogP contribution < -0.4 is 10.1 Å². The van der Waals surface area contributed by atoms with Crippen LogP contribution in [0.3, 0.4) is 0 Å². The van der Waals surface area contributed by atoms with Crippen LogP contribution in [0.1, 0.15) is 22.3 Å². The van der Waals surface area contributed by atoms with E-state index in [1.54, 1.807) is 7.11 Å². The molecule has 0 unspecified atom stereocenters. The quantitative estimate of drug-likeness (QED) is 0.691. The van der Waals surface area contributed by atoms with Gasteiger partial charge in [-0.25, -0.2) is 9.97 Å². The summed E-state index contributed by atoms with van der Waals surface area (Å²) >= 11 is 0. The number of ether oxygens (including phenoxy) is 1. The fourth-order valence-electron chi connectivity index (χ4n) is 3.43. The Balaban J connectivity index is 1.73. The summed E-state index contributed by atoms with van der Waals surface area (Å²) in [6.45, 7) is 3.76. The Hall–Kier alpha value is -3.08. The number of phenolic OH excluding ortho intramolecular Hbond substituents is 1. The van der Waals surface area contributed by atoms with Crippen LogP contribution in [0, 0.1) is 13.8 Å². The van der Waals surface area contributed by atoms with E-state index < -0.39 is 0 Å². The highest BCUT2D eigenvalue weighted by atomic mass is 16.5. The SMILES string of the molecule is COc1ccc2c(c1)-c1nc(Nc3cc(C)c(O)c(C)c3)ncc1CC2. The van der Waals surface area contributed by atoms with Gasteiger partial charge in [-0.3, -0.25) is 0 Å². The van der Waals surface area contributed by atoms with E-state index >= 15 is 0 Å². The molecule has 132 valence electrons. The first-order valence-electron chi connectivity index (χ1n) is 8.65. The van der Waals surface area contributed by atoms with Crippen molar-refractivity contribution in [1.29, 1.82) is 0 Å². The van der Waals surface area contributed by atoms with Crippen LogP contribution in [0.2, 0.25) is 0 Å². The highest BCUT2D eigenvalue weighted by molar-refractivity contribution is 5.72. The van der Waals surface area contributed by atoms with E-state index in [9.17, 15) is 5.11 Å². The minimum absolute atomic E-state index is 0.322. The van der Waals surface area contributed by atoms with Gasteiger partial charge in [-0.05, 0) is 73.2 Å². The fourth-order valence-corrected chi connectivity index (χ4v) is 3.43. The maximum atomic E-state index is 9.94. The molecule has 2 aromatic carbocycles. The van der Waals surface area contributed by atoms with Gasteiger partial charge >= 0.3 is 0 Å². The van der Waals surface area contributed by atoms with Crippen molar-refractivity contribution in [1.82, 2.24) is 9.97 Å². The Kier molecular flexibility index (Phi) is 3.99. The van der Waals surface area contributed by atoms with Gasteiger partial charge in [0.2, 0.25) is 5.95 Å². The summed E-state index contributed by atoms with van der Waals surface area (Å²) in [5.74, 6) is 1.70. The number of aromatic nitrogens is 2. The topological polar surface area (TPSA) is 67.3 Å². The Morgan fingerprint density at radius 2 is 1.77 bits per heavy atom. The van der Waals surface area contributed by atoms with E-state index in [0.29, 0.717) is 11.7 Å². The van der Waals surface area contributed by atoms with Crippen LogP contribution >= 0.6 is 0 Å². The molecule has 5 heteroatoms. The molecule has 26 heavy (non-hydrogen) atoms. The molecule has 0 radical (unpaired) electrons. The average molecular weight is 347 g/mol. The number of methoxy groups -OCH3 is 1. The number of aryl methyl sites for hydroxylation is 4. The summed E-state index contributed by atoms with van der Waals surface area (Å²) in [6, 6.07) is 9.92. The molecule has 1 heterocycles. The second kappa shape index (κ2) is 6.33. The molecule has 3 aromatic rings. The third kappa shape index (κ3) is 2.86. The van der Waals surface area contributed by atoms with Gasteiger partial charge in [-0.15, -0.1) is 0 Å². The average Bonchev–Trinajstić information content (AvgIpc) is 2.65. The van der Waals surface area contributed by atoms with E-state index in [1.807, 2.05) is 44.3 Å². The van der Waals surface area contributed by atoms with E-state index in [4.69, 9.17) is 9.72 Å². The molecule has 0 saturated heterocycles. The first-order valence-corrected chi connectivity index (χ1v) is 8.65. The van der Waals surface area contributed by atoms with E-state index in [0.717, 1.165) is 52.2 Å². The van der Waals surface area contributed by atoms with Gasteiger partial charge in [-0.2, -0.15) is 0 Å². The third-order valence-electron chi connectivity index (χ3n) is 4.85. The molecule has 5 nitrogen and oxygen atoms in total. The molecule has 0 amide bonds. The molecule has 4 rings (SSSR count). The summed E-state index contributed by atoms with van der Waals surface area (Å²) in [6.07, 6.45) is 3.82. The van der Waals surface area contributed by atoms with Gasteiger partial charge in [0, 0.05) is 17.4 Å². The van der Waals surface area contributed by atoms with Crippen molar-refractivity contribution in [3.05, 3.63) is 58.8 Å². The third-order valence-corrected chi connectivity index (χ3v) is 4.85. The summed E-state index contributed by atoms with van der Waals surface area (Å²) in [4.78, 5) is 9.24. The van der Waals surface area contributed by atoms with Crippen LogP contribution in [-0.4, -0.2) is 22.2 Å². The molecule has 0 spiro atoms. The molecule has 0 aliphatic heterocycles. The van der Waals surface area contributed by atoms with Crippen molar-refractivity contribution in [2.24, 2.45) is 0 Å². The van der Waals surface area contributed by atoms with Crippen LogP contribution in [0.15, 0.2) is 36.5 Å². The largest absolute Gasteiger partial charge is 0.507 e. The van der Waals surface area contributed by atoms with E-state index in [2.05, 4.69) is 16.4 Å². The lowest BCUT2D eigenvalue weighted by Gasteiger charge is -2.20. The van der Waals surface area contributed by atoms with Crippen LogP contribution in [0.4, 0.5) is 11.6 Å². The van der Waals surface area contributed by atoms with E-state index in [-0.39, 0.29) is 0 Å². The molecule has 1 aliphatic rings. The molecule has 0 atom stereocenters. The number of aromatic hydroxyl groups is 1. The van der Waals surface area contributed by atoms with Gasteiger partial charge < -0.3 is 15.2 Å². The zero-order valence-electron chi connectivity index (χ0n) is 15.1. The minimum atomic E-state index is 0.322. The van der Waals surface area contributed by atoms with Crippen LogP contribution in [0.25, 0.3) is 11.3 Å². The highest BCUT2D eigenvalue weighted by Gasteiger charge is 2.19. The molecule has 1 aliphatic carbocycles. The molecular formula is C21H21N3O2. The lowest BCUT2D eigenvalue weighted by molar-refractivity contribution is 0.415. The number of nitrogens with zero attached hydrogens (tertiary/aromatic N) is 2. The molecule has 1 aromatic heterocycles. The minimum Gasteiger partial charge on any atom is -0.507 e. The Morgan fingerprint density at radius 1 is 1.04 bits per heavy atom. The fraction of sp³-hybridized carbons (Fsp3) is 0.238. The van der Waals surface area contributed by atoms with Gasteiger partial charge in [-0.1, -0.05) is 6.07 Å². The Bertz CT molecular complexity index is 976. The van der Waals surface area contributed by atoms with Crippen molar-refractivity contribution in [2.45, 2.75) is 26.7 Å². The number of hydrogen-bond acceptors (Lipinski definition) is 5. The Labute approximate surface area is 152 Å². The number of hydrogen-bond donors (Lipinski definition) is 2. The van der Waals surface area contributed by atoms with Crippen molar-refractivity contribution in [2.75, 3.05) is 12.4 Å². The number of phenols is 1. The molecule has 0 saturated carbocycles. The highest BCUT2D eigenvalue weighted by Crippen LogP contribution is 2.35. The normalized spacial score (nSPS) is 12.3. The summed E-state index contributed by atoms with van der Waals surface area (Å²) in [5, 5.41) is 13.2. The van der Waals surface area contributed by atoms with Crippen molar-refractivity contribution < 1.29 is 9.84 Å². The second-order valence-corrected chi connectivity index (χ2v) is 6.67. The number of nitrogens with one attached hydrogen (secondary N) is 1. The zero-order valence-corrected chi connectivity index (χ0v) is 15.1. The molecular weight excluding hydrogens is 326 g/mol. The van der Waals surface area contributed by atoms with E-state index in [1.165, 1.54) is 5.56 Å². The van der Waals surface area contributed by atoms with Crippen molar-refractivity contribution in [3.8, 4) is 22.8 Å². The molecule has 0 fully saturated rings. The van der Waals surface area contributed by atoms with Crippen LogP contribution in [0.5, 0.6) is 11.5 Å². The lowest BCUT2D eigenvalue weighted by Crippen LogP contribution is -2.09. The van der Waals surface area contributed by atoms with Gasteiger partial charge in [0.15, 0.2) is 0 Å². The second-order valence-electron chi connectivity index (χ2n) is 6.67. The predicted molar refractivity (Wildman–Crippen MR) is 102 cm³/mol. The van der Waals surface area contributed by atoms with Gasteiger partial charge in [0.1, 0.15) is 11.5 Å². The van der Waals surface area contributed by atoms with Crippen molar-refractivity contribution in [3.63, 3.8) is 0 Å². The maximum Gasteiger partial charge on any atom is 0.227 e. The Morgan fingerprint density at radius 3 is 2.50 bits per heavy atom. The monoisotopic (exact) mass is 347 g/mol. The van der Waals surface area contributed by atoms with Crippen LogP contribution in [-0.2, 0) is 12.8 Å². The number of rotatable bonds is 3. The predicted octanol–water partition coefficient (Wildman–Crippen LogP) is 4.32. The zero-order chi connectivity index (χ0) is 18.3. The van der Waals surface area contributed by atoms with Gasteiger partial charge in [0.05, 0.1) is 12.8 Å². The molecule has 2 N–H and O–H groups in total. The van der Waals surface area contributed by atoms with Gasteiger partial charge in [0.25, 0.3) is 0 Å². The standard InChI is InChI=1S/C21H21N3O2/c1-12-8-16(9-13(2)20(12)25)23-21-22-11-15-5-4-14-6-7-17(26-3)10-18(14)19(15)24-21/h6-11,25H,4-5H2,1-3H3,(H,22,23,24). The first-order chi connectivity index (χ1) is 12.5. The smallest absolute Gasteiger partial charge is 0.227 e. The number of benzene rings is 2. The first kappa shape index (κ1) is 16.4. The molecule has 0 bridgehead atoms. The lowest BCUT2D eigenvalue weighted by atomic mass is 9.90. The maximum absolute atomic E-state index is 9.94. The number of anilines is 2.